The molecule has 9 heteroatoms. The Morgan fingerprint density at radius 1 is 0.963 bits per heavy atom. The number of nitro benzene ring substituents is 1. The predicted molar refractivity (Wildman–Crippen MR) is 93.8 cm³/mol. The van der Waals surface area contributed by atoms with E-state index in [-0.39, 0.29) is 5.56 Å². The van der Waals surface area contributed by atoms with E-state index in [2.05, 4.69) is 10.9 Å². The Morgan fingerprint density at radius 3 is 2.33 bits per heavy atom. The van der Waals surface area contributed by atoms with Crippen LogP contribution in [-0.2, 0) is 0 Å². The molecule has 0 bridgehead atoms. The van der Waals surface area contributed by atoms with Crippen molar-refractivity contribution in [2.24, 2.45) is 0 Å². The quantitative estimate of drug-likeness (QED) is 0.545. The molecule has 0 radical (unpaired) electrons. The minimum atomic E-state index is -1.05. The molecule has 2 aromatic carbocycles. The van der Waals surface area contributed by atoms with E-state index in [1.807, 2.05) is 0 Å². The van der Waals surface area contributed by atoms with Crippen LogP contribution in [0.4, 0.5) is 10.1 Å². The molecule has 0 fully saturated rings. The molecular weight excluding hydrogens is 355 g/mol. The van der Waals surface area contributed by atoms with Crippen molar-refractivity contribution in [3.8, 4) is 5.69 Å². The predicted octanol–water partition coefficient (Wildman–Crippen LogP) is 2.60. The van der Waals surface area contributed by atoms with Crippen LogP contribution in [-0.4, -0.2) is 21.3 Å². The molecule has 0 unspecified atom stereocenters. The Hall–Kier alpha value is -4.01. The Bertz CT molecular complexity index is 1020. The van der Waals surface area contributed by atoms with Gasteiger partial charge in [-0.1, -0.05) is 12.1 Å². The van der Waals surface area contributed by atoms with Gasteiger partial charge in [0.05, 0.1) is 16.2 Å². The third kappa shape index (κ3) is 3.82. The fourth-order valence-corrected chi connectivity index (χ4v) is 2.43. The maximum absolute atomic E-state index is 13.4. The number of carbonyl (C=O) groups is 2. The zero-order chi connectivity index (χ0) is 19.4. The Balaban J connectivity index is 1.74. The fraction of sp³-hybridized carbons (Fsp3) is 0. The molecule has 27 heavy (non-hydrogen) atoms. The maximum atomic E-state index is 13.4. The summed E-state index contributed by atoms with van der Waals surface area (Å²) < 4.78 is 15.1. The van der Waals surface area contributed by atoms with E-state index < -0.39 is 28.2 Å². The summed E-state index contributed by atoms with van der Waals surface area (Å²) in [6.45, 7) is 0. The summed E-state index contributed by atoms with van der Waals surface area (Å²) in [7, 11) is 0. The van der Waals surface area contributed by atoms with Gasteiger partial charge in [0.15, 0.2) is 0 Å². The molecule has 0 aliphatic rings. The van der Waals surface area contributed by atoms with Crippen LogP contribution in [0.1, 0.15) is 20.7 Å². The topological polar surface area (TPSA) is 106 Å². The number of hydrogen-bond donors (Lipinski definition) is 2. The molecule has 0 aliphatic heterocycles. The molecule has 2 N–H and O–H groups in total. The van der Waals surface area contributed by atoms with E-state index in [1.165, 1.54) is 0 Å². The highest BCUT2D eigenvalue weighted by Gasteiger charge is 2.18. The molecule has 1 aromatic heterocycles. The highest BCUT2D eigenvalue weighted by atomic mass is 19.1. The highest BCUT2D eigenvalue weighted by molar-refractivity contribution is 6.01. The highest BCUT2D eigenvalue weighted by Crippen LogP contribution is 2.18. The number of amides is 2. The summed E-state index contributed by atoms with van der Waals surface area (Å²) in [5.41, 5.74) is 4.33. The zero-order valence-electron chi connectivity index (χ0n) is 13.8. The largest absolute Gasteiger partial charge is 0.323 e. The van der Waals surface area contributed by atoms with Gasteiger partial charge in [-0.2, -0.15) is 4.39 Å². The molecule has 3 rings (SSSR count). The minimum Gasteiger partial charge on any atom is -0.323 e. The number of benzene rings is 2. The van der Waals surface area contributed by atoms with Crippen molar-refractivity contribution in [2.75, 3.05) is 0 Å². The standard InChI is InChI=1S/C18H13FN4O4/c19-14-8-7-12(11-16(14)23(26)27)17(24)20-21-18(25)13-5-1-2-6-15(13)22-9-3-4-10-22/h1-11H,(H,20,24)(H,21,25). The minimum absolute atomic E-state index is 0.165. The van der Waals surface area contributed by atoms with Crippen LogP contribution in [0.3, 0.4) is 0 Å². The van der Waals surface area contributed by atoms with Crippen LogP contribution < -0.4 is 10.9 Å². The molecule has 3 aromatic rings. The number of nitrogens with one attached hydrogen (secondary N) is 2. The van der Waals surface area contributed by atoms with Crippen molar-refractivity contribution >= 4 is 17.5 Å². The van der Waals surface area contributed by atoms with Crippen molar-refractivity contribution in [3.05, 3.63) is 94.0 Å². The monoisotopic (exact) mass is 368 g/mol. The third-order valence-corrected chi connectivity index (χ3v) is 3.73. The van der Waals surface area contributed by atoms with Crippen LogP contribution in [0.5, 0.6) is 0 Å². The van der Waals surface area contributed by atoms with E-state index in [0.29, 0.717) is 11.3 Å². The van der Waals surface area contributed by atoms with Crippen LogP contribution in [0.2, 0.25) is 0 Å². The first-order valence-corrected chi connectivity index (χ1v) is 7.74. The number of nitrogens with zero attached hydrogens (tertiary/aromatic N) is 2. The first kappa shape index (κ1) is 17.8. The van der Waals surface area contributed by atoms with Crippen LogP contribution in [0.25, 0.3) is 5.69 Å². The molecule has 0 saturated carbocycles. The van der Waals surface area contributed by atoms with Gasteiger partial charge in [-0.25, -0.2) is 0 Å². The number of halogens is 1. The first-order chi connectivity index (χ1) is 13.0. The number of hydrazine groups is 1. The molecule has 0 atom stereocenters. The van der Waals surface area contributed by atoms with Crippen LogP contribution in [0.15, 0.2) is 67.0 Å². The second kappa shape index (κ2) is 7.48. The van der Waals surface area contributed by atoms with Gasteiger partial charge < -0.3 is 4.57 Å². The van der Waals surface area contributed by atoms with E-state index in [0.717, 1.165) is 18.2 Å². The van der Waals surface area contributed by atoms with Gasteiger partial charge in [-0.3, -0.25) is 30.6 Å². The summed E-state index contributed by atoms with van der Waals surface area (Å²) in [6, 6.07) is 13.1. The van der Waals surface area contributed by atoms with Gasteiger partial charge in [0, 0.05) is 24.0 Å². The number of para-hydroxylation sites is 1. The van der Waals surface area contributed by atoms with E-state index in [1.54, 1.807) is 53.4 Å². The lowest BCUT2D eigenvalue weighted by molar-refractivity contribution is -0.387. The van der Waals surface area contributed by atoms with Crippen molar-refractivity contribution in [1.29, 1.82) is 0 Å². The molecule has 1 heterocycles. The normalized spacial score (nSPS) is 10.3. The number of rotatable bonds is 4. The Labute approximate surface area is 152 Å². The maximum Gasteiger partial charge on any atom is 0.305 e. The van der Waals surface area contributed by atoms with Crippen LogP contribution >= 0.6 is 0 Å². The molecule has 0 saturated heterocycles. The number of carbonyl (C=O) groups excluding carboxylic acids is 2. The second-order valence-electron chi connectivity index (χ2n) is 5.44. The fourth-order valence-electron chi connectivity index (χ4n) is 2.43. The zero-order valence-corrected chi connectivity index (χ0v) is 13.8. The average molecular weight is 368 g/mol. The average Bonchev–Trinajstić information content (AvgIpc) is 3.20. The van der Waals surface area contributed by atoms with Gasteiger partial charge in [0.1, 0.15) is 0 Å². The Morgan fingerprint density at radius 2 is 1.63 bits per heavy atom. The summed E-state index contributed by atoms with van der Waals surface area (Å²) in [6.07, 6.45) is 3.53. The van der Waals surface area contributed by atoms with Gasteiger partial charge in [0.2, 0.25) is 5.82 Å². The third-order valence-electron chi connectivity index (χ3n) is 3.73. The lowest BCUT2D eigenvalue weighted by Crippen LogP contribution is -2.42. The number of aromatic nitrogens is 1. The number of nitro groups is 1. The smallest absolute Gasteiger partial charge is 0.305 e. The molecule has 8 nitrogen and oxygen atoms in total. The lowest BCUT2D eigenvalue weighted by Gasteiger charge is -2.12. The van der Waals surface area contributed by atoms with E-state index in [4.69, 9.17) is 0 Å². The molecule has 136 valence electrons. The lowest BCUT2D eigenvalue weighted by atomic mass is 10.1. The van der Waals surface area contributed by atoms with E-state index >= 15 is 0 Å². The van der Waals surface area contributed by atoms with E-state index in [9.17, 15) is 24.1 Å². The number of hydrogen-bond acceptors (Lipinski definition) is 4. The van der Waals surface area contributed by atoms with Crippen molar-refractivity contribution in [3.63, 3.8) is 0 Å². The van der Waals surface area contributed by atoms with Gasteiger partial charge >= 0.3 is 5.69 Å². The second-order valence-corrected chi connectivity index (χ2v) is 5.44. The molecular formula is C18H13FN4O4. The van der Waals surface area contributed by atoms with Gasteiger partial charge in [-0.15, -0.1) is 0 Å². The van der Waals surface area contributed by atoms with Crippen molar-refractivity contribution < 1.29 is 18.9 Å². The van der Waals surface area contributed by atoms with Crippen molar-refractivity contribution in [1.82, 2.24) is 15.4 Å². The van der Waals surface area contributed by atoms with Crippen LogP contribution in [0, 0.1) is 15.9 Å². The summed E-state index contributed by atoms with van der Waals surface area (Å²) in [5, 5.41) is 10.8. The van der Waals surface area contributed by atoms with Gasteiger partial charge in [0.25, 0.3) is 11.8 Å². The molecule has 2 amide bonds. The van der Waals surface area contributed by atoms with Crippen molar-refractivity contribution in [2.45, 2.75) is 0 Å². The Kier molecular flexibility index (Phi) is 4.93. The molecule has 0 spiro atoms. The summed E-state index contributed by atoms with van der Waals surface area (Å²) >= 11 is 0. The summed E-state index contributed by atoms with van der Waals surface area (Å²) in [4.78, 5) is 34.3. The summed E-state index contributed by atoms with van der Waals surface area (Å²) in [5.74, 6) is -2.45. The molecule has 0 aliphatic carbocycles. The first-order valence-electron chi connectivity index (χ1n) is 7.74. The SMILES string of the molecule is O=C(NNC(=O)c1ccccc1-n1cccc1)c1ccc(F)c([N+](=O)[O-])c1. The van der Waals surface area contributed by atoms with Gasteiger partial charge in [-0.05, 0) is 36.4 Å².